The van der Waals surface area contributed by atoms with Crippen LogP contribution in [0, 0.1) is 0 Å². The molecule has 0 saturated heterocycles. The zero-order valence-corrected chi connectivity index (χ0v) is 13.4. The molecule has 1 heterocycles. The second-order valence-electron chi connectivity index (χ2n) is 5.43. The van der Waals surface area contributed by atoms with E-state index < -0.39 is 0 Å². The molecule has 0 aliphatic carbocycles. The average molecular weight is 298 g/mol. The summed E-state index contributed by atoms with van der Waals surface area (Å²) in [6, 6.07) is 9.67. The zero-order valence-electron chi connectivity index (χ0n) is 13.4. The van der Waals surface area contributed by atoms with E-state index >= 15 is 0 Å². The quantitative estimate of drug-likeness (QED) is 0.767. The van der Waals surface area contributed by atoms with Gasteiger partial charge in [0.25, 0.3) is 5.56 Å². The lowest BCUT2D eigenvalue weighted by Crippen LogP contribution is -2.28. The number of carbonyl (C=O) groups excluding carboxylic acids is 1. The van der Waals surface area contributed by atoms with Gasteiger partial charge in [-0.2, -0.15) is 5.10 Å². The molecule has 0 N–H and O–H groups in total. The number of benzene rings is 1. The summed E-state index contributed by atoms with van der Waals surface area (Å²) in [5.74, 6) is -0.218. The summed E-state index contributed by atoms with van der Waals surface area (Å²) < 4.78 is 1.42. The van der Waals surface area contributed by atoms with E-state index in [0.717, 1.165) is 24.8 Å². The highest BCUT2D eigenvalue weighted by atomic mass is 16.1. The fourth-order valence-corrected chi connectivity index (χ4v) is 2.31. The van der Waals surface area contributed by atoms with E-state index in [1.165, 1.54) is 17.2 Å². The molecule has 2 aromatic rings. The van der Waals surface area contributed by atoms with E-state index in [1.54, 1.807) is 6.07 Å². The minimum atomic E-state index is -0.296. The highest BCUT2D eigenvalue weighted by Crippen LogP contribution is 2.18. The van der Waals surface area contributed by atoms with Crippen LogP contribution in [-0.2, 0) is 13.0 Å². The summed E-state index contributed by atoms with van der Waals surface area (Å²) >= 11 is 0. The Balaban J connectivity index is 2.52. The van der Waals surface area contributed by atoms with Crippen LogP contribution in [0.2, 0.25) is 0 Å². The van der Waals surface area contributed by atoms with Gasteiger partial charge >= 0.3 is 0 Å². The Bertz CT molecular complexity index is 715. The van der Waals surface area contributed by atoms with Crippen molar-refractivity contribution in [3.8, 4) is 11.3 Å². The van der Waals surface area contributed by atoms with E-state index in [9.17, 15) is 9.59 Å². The van der Waals surface area contributed by atoms with Crippen LogP contribution in [0.4, 0.5) is 0 Å². The number of rotatable bonds is 6. The fourth-order valence-electron chi connectivity index (χ4n) is 2.31. The van der Waals surface area contributed by atoms with Crippen LogP contribution in [-0.4, -0.2) is 15.6 Å². The van der Waals surface area contributed by atoms with Crippen LogP contribution < -0.4 is 5.56 Å². The molecule has 0 saturated carbocycles. The van der Waals surface area contributed by atoms with Crippen molar-refractivity contribution in [1.82, 2.24) is 9.78 Å². The third-order valence-corrected chi connectivity index (χ3v) is 3.74. The molecule has 4 nitrogen and oxygen atoms in total. The topological polar surface area (TPSA) is 52.0 Å². The van der Waals surface area contributed by atoms with Gasteiger partial charge in [-0.3, -0.25) is 9.59 Å². The number of Topliss-reactive ketones (excluding diaryl/α,β-unsaturated/α-hetero) is 1. The largest absolute Gasteiger partial charge is 0.294 e. The lowest BCUT2D eigenvalue weighted by Gasteiger charge is -2.09. The number of carbonyl (C=O) groups is 1. The van der Waals surface area contributed by atoms with Crippen molar-refractivity contribution < 1.29 is 4.79 Å². The maximum atomic E-state index is 12.3. The lowest BCUT2D eigenvalue weighted by atomic mass is 10.1. The van der Waals surface area contributed by atoms with Crippen LogP contribution in [0.1, 0.15) is 49.5 Å². The number of nitrogens with zero attached hydrogens (tertiary/aromatic N) is 2. The van der Waals surface area contributed by atoms with E-state index in [2.05, 4.69) is 18.9 Å². The van der Waals surface area contributed by atoms with Gasteiger partial charge in [-0.1, -0.05) is 44.5 Å². The Morgan fingerprint density at radius 1 is 1.18 bits per heavy atom. The number of hydrogen-bond acceptors (Lipinski definition) is 3. The van der Waals surface area contributed by atoms with Crippen molar-refractivity contribution in [2.24, 2.45) is 0 Å². The first-order valence-corrected chi connectivity index (χ1v) is 7.79. The molecule has 1 aromatic heterocycles. The minimum absolute atomic E-state index is 0.209. The van der Waals surface area contributed by atoms with Gasteiger partial charge in [0.2, 0.25) is 0 Å². The van der Waals surface area contributed by atoms with Gasteiger partial charge in [0.15, 0.2) is 5.78 Å². The molecule has 1 aromatic carbocycles. The molecule has 0 aliphatic heterocycles. The van der Waals surface area contributed by atoms with Crippen LogP contribution in [0.25, 0.3) is 11.3 Å². The first-order valence-electron chi connectivity index (χ1n) is 7.79. The molecule has 0 amide bonds. The molecule has 22 heavy (non-hydrogen) atoms. The van der Waals surface area contributed by atoms with Crippen LogP contribution in [0.5, 0.6) is 0 Å². The molecule has 0 spiro atoms. The Kier molecular flexibility index (Phi) is 5.26. The van der Waals surface area contributed by atoms with E-state index in [0.29, 0.717) is 12.2 Å². The first-order chi connectivity index (χ1) is 10.6. The predicted molar refractivity (Wildman–Crippen MR) is 88.2 cm³/mol. The normalized spacial score (nSPS) is 10.7. The number of unbranched alkanes of at least 4 members (excludes halogenated alkanes) is 1. The highest BCUT2D eigenvalue weighted by Gasteiger charge is 2.13. The van der Waals surface area contributed by atoms with E-state index in [-0.39, 0.29) is 16.9 Å². The molecular formula is C18H22N2O2. The fraction of sp³-hybridized carbons (Fsp3) is 0.389. The Morgan fingerprint density at radius 3 is 2.41 bits per heavy atom. The average Bonchev–Trinajstić information content (AvgIpc) is 2.53. The van der Waals surface area contributed by atoms with Gasteiger partial charge in [-0.05, 0) is 31.4 Å². The molecule has 2 rings (SSSR count). The number of aryl methyl sites for hydroxylation is 2. The minimum Gasteiger partial charge on any atom is -0.294 e. The molecule has 0 radical (unpaired) electrons. The number of aromatic nitrogens is 2. The SMILES string of the molecule is CCCCn1nc(-c2ccc(CC)cc2)cc(C(C)=O)c1=O. The molecule has 0 atom stereocenters. The smallest absolute Gasteiger partial charge is 0.277 e. The third kappa shape index (κ3) is 3.50. The summed E-state index contributed by atoms with van der Waals surface area (Å²) in [7, 11) is 0. The second kappa shape index (κ2) is 7.16. The summed E-state index contributed by atoms with van der Waals surface area (Å²) in [6.45, 7) is 6.12. The maximum Gasteiger partial charge on any atom is 0.277 e. The lowest BCUT2D eigenvalue weighted by molar-refractivity contribution is 0.101. The van der Waals surface area contributed by atoms with Crippen LogP contribution in [0.15, 0.2) is 35.1 Å². The number of ketones is 1. The summed E-state index contributed by atoms with van der Waals surface area (Å²) in [6.07, 6.45) is 2.81. The van der Waals surface area contributed by atoms with Crippen LogP contribution >= 0.6 is 0 Å². The van der Waals surface area contributed by atoms with Gasteiger partial charge in [0.1, 0.15) is 0 Å². The van der Waals surface area contributed by atoms with E-state index in [1.807, 2.05) is 24.3 Å². The van der Waals surface area contributed by atoms with Gasteiger partial charge in [-0.25, -0.2) is 4.68 Å². The Labute approximate surface area is 130 Å². The summed E-state index contributed by atoms with van der Waals surface area (Å²) in [5.41, 5.74) is 2.75. The second-order valence-corrected chi connectivity index (χ2v) is 5.43. The summed E-state index contributed by atoms with van der Waals surface area (Å²) in [4.78, 5) is 24.0. The molecular weight excluding hydrogens is 276 g/mol. The predicted octanol–water partition coefficient (Wildman–Crippen LogP) is 3.48. The van der Waals surface area contributed by atoms with Gasteiger partial charge in [-0.15, -0.1) is 0 Å². The molecule has 0 bridgehead atoms. The summed E-state index contributed by atoms with van der Waals surface area (Å²) in [5, 5.41) is 4.43. The highest BCUT2D eigenvalue weighted by molar-refractivity contribution is 5.94. The standard InChI is InChI=1S/C18H22N2O2/c1-4-6-11-20-18(22)16(13(3)21)12-17(19-20)15-9-7-14(5-2)8-10-15/h7-10,12H,4-6,11H2,1-3H3. The van der Waals surface area contributed by atoms with Crippen molar-refractivity contribution in [2.75, 3.05) is 0 Å². The van der Waals surface area contributed by atoms with Crippen molar-refractivity contribution in [3.63, 3.8) is 0 Å². The van der Waals surface area contributed by atoms with Gasteiger partial charge < -0.3 is 0 Å². The molecule has 0 aliphatic rings. The van der Waals surface area contributed by atoms with Crippen molar-refractivity contribution in [3.05, 3.63) is 51.8 Å². The third-order valence-electron chi connectivity index (χ3n) is 3.74. The van der Waals surface area contributed by atoms with Crippen molar-refractivity contribution in [1.29, 1.82) is 0 Å². The molecule has 4 heteroatoms. The zero-order chi connectivity index (χ0) is 16.1. The van der Waals surface area contributed by atoms with Crippen molar-refractivity contribution in [2.45, 2.75) is 46.6 Å². The van der Waals surface area contributed by atoms with Crippen LogP contribution in [0.3, 0.4) is 0 Å². The monoisotopic (exact) mass is 298 g/mol. The first kappa shape index (κ1) is 16.1. The maximum absolute atomic E-state index is 12.3. The Hall–Kier alpha value is -2.23. The van der Waals surface area contributed by atoms with Gasteiger partial charge in [0, 0.05) is 12.1 Å². The molecule has 0 unspecified atom stereocenters. The Morgan fingerprint density at radius 2 is 1.86 bits per heavy atom. The molecule has 0 fully saturated rings. The molecule has 116 valence electrons. The van der Waals surface area contributed by atoms with Crippen molar-refractivity contribution >= 4 is 5.78 Å². The number of hydrogen-bond donors (Lipinski definition) is 0. The van der Waals surface area contributed by atoms with Gasteiger partial charge in [0.05, 0.1) is 11.3 Å². The van der Waals surface area contributed by atoms with E-state index in [4.69, 9.17) is 0 Å².